The van der Waals surface area contributed by atoms with E-state index in [1.54, 1.807) is 12.3 Å². The van der Waals surface area contributed by atoms with Crippen molar-refractivity contribution in [3.05, 3.63) is 24.1 Å². The van der Waals surface area contributed by atoms with Crippen LogP contribution in [-0.2, 0) is 9.47 Å². The van der Waals surface area contributed by atoms with Crippen LogP contribution in [0.2, 0.25) is 0 Å². The molecule has 1 aromatic rings. The van der Waals surface area contributed by atoms with E-state index in [9.17, 15) is 4.39 Å². The molecule has 3 aliphatic rings. The minimum atomic E-state index is -0.403. The lowest BCUT2D eigenvalue weighted by atomic mass is 9.80. The maximum atomic E-state index is 13.6. The highest BCUT2D eigenvalue weighted by Gasteiger charge is 2.53. The molecule has 0 amide bonds. The van der Waals surface area contributed by atoms with Gasteiger partial charge in [0.25, 0.3) is 0 Å². The van der Waals surface area contributed by atoms with Gasteiger partial charge in [-0.25, -0.2) is 9.37 Å². The summed E-state index contributed by atoms with van der Waals surface area (Å²) in [5.41, 5.74) is -0.101. The molecule has 1 aromatic heterocycles. The van der Waals surface area contributed by atoms with Crippen molar-refractivity contribution in [2.24, 2.45) is 11.8 Å². The Morgan fingerprint density at radius 1 is 1.25 bits per heavy atom. The zero-order chi connectivity index (χ0) is 16.4. The highest BCUT2D eigenvalue weighted by molar-refractivity contribution is 5.13. The standard InChI is InChI=1S/C18H25FN2O3/c19-16-2-1-6-20-17(16)23-11-15-5-9-24-18(15)12-21(13-18)10-14-3-7-22-8-4-14/h1-2,6,14-15H,3-5,7-13H2/t15-/m0/s1. The zero-order valence-electron chi connectivity index (χ0n) is 14.0. The summed E-state index contributed by atoms with van der Waals surface area (Å²) >= 11 is 0. The lowest BCUT2D eigenvalue weighted by Gasteiger charge is -2.51. The maximum absolute atomic E-state index is 13.6. The monoisotopic (exact) mass is 336 g/mol. The lowest BCUT2D eigenvalue weighted by molar-refractivity contribution is -0.143. The van der Waals surface area contributed by atoms with Gasteiger partial charge in [0.1, 0.15) is 0 Å². The van der Waals surface area contributed by atoms with Gasteiger partial charge in [0.2, 0.25) is 5.88 Å². The van der Waals surface area contributed by atoms with Crippen molar-refractivity contribution in [1.82, 2.24) is 9.88 Å². The molecule has 0 N–H and O–H groups in total. The second kappa shape index (κ2) is 6.94. The normalized spacial score (nSPS) is 27.3. The fourth-order valence-corrected chi connectivity index (χ4v) is 4.16. The van der Waals surface area contributed by atoms with Crippen LogP contribution in [-0.4, -0.2) is 61.5 Å². The van der Waals surface area contributed by atoms with E-state index in [0.29, 0.717) is 12.5 Å². The van der Waals surface area contributed by atoms with Gasteiger partial charge in [-0.05, 0) is 37.3 Å². The average molecular weight is 336 g/mol. The summed E-state index contributed by atoms with van der Waals surface area (Å²) in [5, 5.41) is 0. The Bertz CT molecular complexity index is 559. The van der Waals surface area contributed by atoms with Crippen molar-refractivity contribution >= 4 is 0 Å². The summed E-state index contributed by atoms with van der Waals surface area (Å²) in [5.74, 6) is 0.748. The molecular formula is C18H25FN2O3. The summed E-state index contributed by atoms with van der Waals surface area (Å²) in [4.78, 5) is 6.44. The largest absolute Gasteiger partial charge is 0.475 e. The SMILES string of the molecule is Fc1cccnc1OC[C@@H]1CCOC12CN(CC1CCOCC1)C2. The Morgan fingerprint density at radius 3 is 2.88 bits per heavy atom. The van der Waals surface area contributed by atoms with E-state index >= 15 is 0 Å². The predicted octanol–water partition coefficient (Wildman–Crippen LogP) is 2.12. The quantitative estimate of drug-likeness (QED) is 0.824. The van der Waals surface area contributed by atoms with Gasteiger partial charge < -0.3 is 14.2 Å². The van der Waals surface area contributed by atoms with Crippen LogP contribution >= 0.6 is 0 Å². The van der Waals surface area contributed by atoms with Crippen LogP contribution in [0.15, 0.2) is 18.3 Å². The lowest BCUT2D eigenvalue weighted by Crippen LogP contribution is -2.66. The first-order valence-corrected chi connectivity index (χ1v) is 8.92. The molecule has 0 radical (unpaired) electrons. The summed E-state index contributed by atoms with van der Waals surface area (Å²) in [6, 6.07) is 2.95. The molecule has 0 saturated carbocycles. The minimum absolute atomic E-state index is 0.0953. The van der Waals surface area contributed by atoms with Gasteiger partial charge in [0, 0.05) is 51.6 Å². The molecule has 132 valence electrons. The van der Waals surface area contributed by atoms with E-state index in [1.165, 1.54) is 6.07 Å². The number of nitrogens with zero attached hydrogens (tertiary/aromatic N) is 2. The third-order valence-corrected chi connectivity index (χ3v) is 5.59. The number of hydrogen-bond donors (Lipinski definition) is 0. The molecule has 4 rings (SSSR count). The van der Waals surface area contributed by atoms with Crippen molar-refractivity contribution in [2.75, 3.05) is 46.1 Å². The van der Waals surface area contributed by atoms with Crippen LogP contribution < -0.4 is 4.74 Å². The second-order valence-corrected chi connectivity index (χ2v) is 7.23. The van der Waals surface area contributed by atoms with Crippen LogP contribution in [0.25, 0.3) is 0 Å². The maximum Gasteiger partial charge on any atom is 0.250 e. The molecule has 3 saturated heterocycles. The molecule has 24 heavy (non-hydrogen) atoms. The second-order valence-electron chi connectivity index (χ2n) is 7.23. The highest BCUT2D eigenvalue weighted by Crippen LogP contribution is 2.40. The number of halogens is 1. The van der Waals surface area contributed by atoms with E-state index < -0.39 is 5.82 Å². The van der Waals surface area contributed by atoms with Gasteiger partial charge in [-0.2, -0.15) is 0 Å². The number of ether oxygens (including phenoxy) is 3. The number of aromatic nitrogens is 1. The third-order valence-electron chi connectivity index (χ3n) is 5.59. The summed E-state index contributed by atoms with van der Waals surface area (Å²) in [6.45, 7) is 6.09. The zero-order valence-corrected chi connectivity index (χ0v) is 14.0. The third kappa shape index (κ3) is 3.27. The number of hydrogen-bond acceptors (Lipinski definition) is 5. The van der Waals surface area contributed by atoms with Crippen molar-refractivity contribution in [3.63, 3.8) is 0 Å². The molecular weight excluding hydrogens is 311 g/mol. The Morgan fingerprint density at radius 2 is 2.08 bits per heavy atom. The Labute approximate surface area is 142 Å². The van der Waals surface area contributed by atoms with Crippen LogP contribution in [0.1, 0.15) is 19.3 Å². The molecule has 6 heteroatoms. The van der Waals surface area contributed by atoms with Crippen molar-refractivity contribution in [2.45, 2.75) is 24.9 Å². The van der Waals surface area contributed by atoms with Gasteiger partial charge in [0.15, 0.2) is 5.82 Å². The number of rotatable bonds is 5. The molecule has 0 bridgehead atoms. The number of likely N-dealkylation sites (tertiary alicyclic amines) is 1. The van der Waals surface area contributed by atoms with Gasteiger partial charge in [-0.15, -0.1) is 0 Å². The first-order chi connectivity index (χ1) is 11.8. The van der Waals surface area contributed by atoms with E-state index in [1.807, 2.05) is 0 Å². The molecule has 5 nitrogen and oxygen atoms in total. The Hall–Kier alpha value is -1.24. The summed E-state index contributed by atoms with van der Waals surface area (Å²) in [6.07, 6.45) is 4.85. The molecule has 3 fully saturated rings. The smallest absolute Gasteiger partial charge is 0.250 e. The summed E-state index contributed by atoms with van der Waals surface area (Å²) in [7, 11) is 0. The molecule has 3 aliphatic heterocycles. The molecule has 0 aromatic carbocycles. The van der Waals surface area contributed by atoms with E-state index in [2.05, 4.69) is 9.88 Å². The van der Waals surface area contributed by atoms with Gasteiger partial charge in [-0.1, -0.05) is 0 Å². The van der Waals surface area contributed by atoms with Crippen molar-refractivity contribution in [1.29, 1.82) is 0 Å². The van der Waals surface area contributed by atoms with Crippen molar-refractivity contribution in [3.8, 4) is 5.88 Å². The molecule has 0 aliphatic carbocycles. The minimum Gasteiger partial charge on any atom is -0.475 e. The highest BCUT2D eigenvalue weighted by atomic mass is 19.1. The molecule has 1 spiro atoms. The molecule has 4 heterocycles. The van der Waals surface area contributed by atoms with E-state index in [4.69, 9.17) is 14.2 Å². The van der Waals surface area contributed by atoms with Crippen LogP contribution in [0.5, 0.6) is 5.88 Å². The van der Waals surface area contributed by atoms with Crippen LogP contribution in [0.3, 0.4) is 0 Å². The average Bonchev–Trinajstić information content (AvgIpc) is 2.99. The Kier molecular flexibility index (Phi) is 4.70. The van der Waals surface area contributed by atoms with Crippen molar-refractivity contribution < 1.29 is 18.6 Å². The van der Waals surface area contributed by atoms with Gasteiger partial charge in [0.05, 0.1) is 12.2 Å². The first-order valence-electron chi connectivity index (χ1n) is 8.92. The van der Waals surface area contributed by atoms with E-state index in [-0.39, 0.29) is 11.5 Å². The summed E-state index contributed by atoms with van der Waals surface area (Å²) < 4.78 is 30.8. The van der Waals surface area contributed by atoms with Crippen LogP contribution in [0.4, 0.5) is 4.39 Å². The predicted molar refractivity (Wildman–Crippen MR) is 86.5 cm³/mol. The van der Waals surface area contributed by atoms with Gasteiger partial charge >= 0.3 is 0 Å². The Balaban J connectivity index is 1.29. The topological polar surface area (TPSA) is 43.8 Å². The van der Waals surface area contributed by atoms with Crippen LogP contribution in [0, 0.1) is 17.7 Å². The first kappa shape index (κ1) is 16.2. The van der Waals surface area contributed by atoms with E-state index in [0.717, 1.165) is 64.6 Å². The van der Waals surface area contributed by atoms with Gasteiger partial charge in [-0.3, -0.25) is 4.90 Å². The fraction of sp³-hybridized carbons (Fsp3) is 0.722. The molecule has 0 unspecified atom stereocenters. The fourth-order valence-electron chi connectivity index (χ4n) is 4.16. The number of pyridine rings is 1. The molecule has 1 atom stereocenters.